The molecule has 4 rings (SSSR count). The van der Waals surface area contributed by atoms with Crippen molar-refractivity contribution in [2.45, 2.75) is 77.5 Å². The summed E-state index contributed by atoms with van der Waals surface area (Å²) in [6, 6.07) is 7.09. The van der Waals surface area contributed by atoms with E-state index < -0.39 is 23.7 Å². The number of carbonyl (C=O) groups is 2. The van der Waals surface area contributed by atoms with E-state index in [1.54, 1.807) is 17.0 Å². The normalized spacial score (nSPS) is 20.1. The van der Waals surface area contributed by atoms with E-state index in [0.29, 0.717) is 43.3 Å². The average molecular weight is 558 g/mol. The highest BCUT2D eigenvalue weighted by Gasteiger charge is 2.36. The van der Waals surface area contributed by atoms with E-state index in [1.807, 2.05) is 51.7 Å². The van der Waals surface area contributed by atoms with Gasteiger partial charge in [-0.2, -0.15) is 0 Å². The third kappa shape index (κ3) is 6.64. The van der Waals surface area contributed by atoms with Crippen molar-refractivity contribution in [1.29, 1.82) is 0 Å². The zero-order valence-electron chi connectivity index (χ0n) is 23.7. The fourth-order valence-electron chi connectivity index (χ4n) is 5.35. The Morgan fingerprint density at radius 2 is 1.77 bits per heavy atom. The van der Waals surface area contributed by atoms with Crippen LogP contribution in [0.4, 0.5) is 10.6 Å². The predicted molar refractivity (Wildman–Crippen MR) is 151 cm³/mol. The number of fused-ring (bicyclic) bond motifs is 1. The number of anilines is 1. The molecule has 3 atom stereocenters. The summed E-state index contributed by atoms with van der Waals surface area (Å²) >= 11 is 6.15. The minimum Gasteiger partial charge on any atom is -0.444 e. The Kier molecular flexibility index (Phi) is 8.71. The van der Waals surface area contributed by atoms with Crippen LogP contribution in [-0.4, -0.2) is 81.2 Å². The van der Waals surface area contributed by atoms with Gasteiger partial charge in [-0.05, 0) is 64.7 Å². The van der Waals surface area contributed by atoms with E-state index >= 15 is 0 Å². The predicted octanol–water partition coefficient (Wildman–Crippen LogP) is 4.75. The highest BCUT2D eigenvalue weighted by molar-refractivity contribution is 6.30. The highest BCUT2D eigenvalue weighted by Crippen LogP contribution is 2.42. The van der Waals surface area contributed by atoms with Crippen LogP contribution >= 0.6 is 11.6 Å². The number of ether oxygens (including phenoxy) is 1. The molecule has 9 nitrogen and oxygen atoms in total. The van der Waals surface area contributed by atoms with Crippen molar-refractivity contribution in [1.82, 2.24) is 19.8 Å². The van der Waals surface area contributed by atoms with Crippen LogP contribution in [0.1, 0.15) is 82.7 Å². The van der Waals surface area contributed by atoms with Crippen LogP contribution in [0.3, 0.4) is 0 Å². The standard InChI is InChI=1S/C29H40ClN5O4/c1-18(2)35(28(38)39-29(4,5)6)16-22(20-7-9-21(30)10-8-20)27(37)34-13-11-33(12-14-34)26-24-19(3)15-23(36)25(24)31-17-32-26/h7-10,17-19,22-23,36H,11-16H2,1-6H3/t19-,22-,23-/m1/s1. The van der Waals surface area contributed by atoms with Crippen LogP contribution < -0.4 is 4.90 Å². The van der Waals surface area contributed by atoms with E-state index in [-0.39, 0.29) is 24.4 Å². The lowest BCUT2D eigenvalue weighted by atomic mass is 9.96. The molecule has 212 valence electrons. The first-order valence-electron chi connectivity index (χ1n) is 13.7. The first kappa shape index (κ1) is 29.1. The minimum atomic E-state index is -0.644. The summed E-state index contributed by atoms with van der Waals surface area (Å²) in [5.41, 5.74) is 1.88. The lowest BCUT2D eigenvalue weighted by molar-refractivity contribution is -0.133. The van der Waals surface area contributed by atoms with Crippen LogP contribution in [-0.2, 0) is 9.53 Å². The lowest BCUT2D eigenvalue weighted by Gasteiger charge is -2.39. The van der Waals surface area contributed by atoms with Gasteiger partial charge in [0.1, 0.15) is 17.7 Å². The summed E-state index contributed by atoms with van der Waals surface area (Å²) in [5, 5.41) is 11.0. The molecule has 0 radical (unpaired) electrons. The number of hydrogen-bond donors (Lipinski definition) is 1. The van der Waals surface area contributed by atoms with Crippen LogP contribution in [0.5, 0.6) is 0 Å². The molecule has 10 heteroatoms. The van der Waals surface area contributed by atoms with Crippen molar-refractivity contribution in [2.24, 2.45) is 0 Å². The number of hydrogen-bond acceptors (Lipinski definition) is 7. The first-order valence-corrected chi connectivity index (χ1v) is 14.0. The smallest absolute Gasteiger partial charge is 0.410 e. The van der Waals surface area contributed by atoms with Crippen LogP contribution in [0, 0.1) is 0 Å². The number of piperazine rings is 1. The van der Waals surface area contributed by atoms with Crippen molar-refractivity contribution < 1.29 is 19.4 Å². The molecule has 1 aliphatic heterocycles. The van der Waals surface area contributed by atoms with Gasteiger partial charge in [-0.1, -0.05) is 30.7 Å². The van der Waals surface area contributed by atoms with Gasteiger partial charge in [0.25, 0.3) is 0 Å². The van der Waals surface area contributed by atoms with Gasteiger partial charge in [0.15, 0.2) is 0 Å². The van der Waals surface area contributed by atoms with Gasteiger partial charge >= 0.3 is 6.09 Å². The number of aliphatic hydroxyl groups is 1. The SMILES string of the molecule is CC(C)N(C[C@@H](C(=O)N1CCN(c2ncnc3c2[C@H](C)C[C@H]3O)CC1)c1ccc(Cl)cc1)C(=O)OC(C)(C)C. The Hall–Kier alpha value is -2.91. The van der Waals surface area contributed by atoms with Gasteiger partial charge in [-0.15, -0.1) is 0 Å². The molecule has 0 bridgehead atoms. The van der Waals surface area contributed by atoms with E-state index in [1.165, 1.54) is 6.33 Å². The zero-order chi connectivity index (χ0) is 28.5. The molecule has 2 heterocycles. The van der Waals surface area contributed by atoms with Crippen molar-refractivity contribution in [2.75, 3.05) is 37.6 Å². The maximum Gasteiger partial charge on any atom is 0.410 e. The molecule has 1 saturated heterocycles. The fourth-order valence-corrected chi connectivity index (χ4v) is 5.47. The number of carbonyl (C=O) groups excluding carboxylic acids is 2. The maximum absolute atomic E-state index is 14.0. The molecule has 2 amide bonds. The molecule has 1 N–H and O–H groups in total. The summed E-state index contributed by atoms with van der Waals surface area (Å²) in [4.78, 5) is 41.6. The van der Waals surface area contributed by atoms with Crippen molar-refractivity contribution in [3.8, 4) is 0 Å². The van der Waals surface area contributed by atoms with Gasteiger partial charge in [0.05, 0.1) is 17.7 Å². The van der Waals surface area contributed by atoms with Gasteiger partial charge in [-0.3, -0.25) is 4.79 Å². The van der Waals surface area contributed by atoms with Gasteiger partial charge in [0, 0.05) is 49.4 Å². The Morgan fingerprint density at radius 3 is 2.36 bits per heavy atom. The average Bonchev–Trinajstić information content (AvgIpc) is 3.17. The second-order valence-corrected chi connectivity index (χ2v) is 12.2. The molecular weight excluding hydrogens is 518 g/mol. The molecule has 1 fully saturated rings. The van der Waals surface area contributed by atoms with E-state index in [0.717, 1.165) is 16.9 Å². The lowest BCUT2D eigenvalue weighted by Crippen LogP contribution is -2.52. The monoisotopic (exact) mass is 557 g/mol. The third-order valence-corrected chi connectivity index (χ3v) is 7.62. The molecule has 39 heavy (non-hydrogen) atoms. The number of aromatic nitrogens is 2. The molecular formula is C29H40ClN5O4. The minimum absolute atomic E-state index is 0.0390. The number of benzene rings is 1. The van der Waals surface area contributed by atoms with Gasteiger partial charge < -0.3 is 24.5 Å². The quantitative estimate of drug-likeness (QED) is 0.547. The van der Waals surface area contributed by atoms with Gasteiger partial charge in [-0.25, -0.2) is 14.8 Å². The van der Waals surface area contributed by atoms with E-state index in [2.05, 4.69) is 21.8 Å². The Bertz CT molecular complexity index is 1180. The summed E-state index contributed by atoms with van der Waals surface area (Å²) < 4.78 is 5.66. The molecule has 2 aromatic rings. The topological polar surface area (TPSA) is 99.1 Å². The molecule has 1 aromatic carbocycles. The molecule has 0 spiro atoms. The number of aliphatic hydroxyl groups excluding tert-OH is 1. The molecule has 0 unspecified atom stereocenters. The highest BCUT2D eigenvalue weighted by atomic mass is 35.5. The van der Waals surface area contributed by atoms with Crippen LogP contribution in [0.2, 0.25) is 5.02 Å². The third-order valence-electron chi connectivity index (χ3n) is 7.37. The van der Waals surface area contributed by atoms with E-state index in [4.69, 9.17) is 16.3 Å². The Balaban J connectivity index is 1.53. The summed E-state index contributed by atoms with van der Waals surface area (Å²) in [6.07, 6.45) is 1.16. The second kappa shape index (κ2) is 11.7. The molecule has 1 aliphatic carbocycles. The number of amides is 2. The summed E-state index contributed by atoms with van der Waals surface area (Å²) in [6.45, 7) is 13.9. The first-order chi connectivity index (χ1) is 18.4. The van der Waals surface area contributed by atoms with Crippen molar-refractivity contribution in [3.05, 3.63) is 52.4 Å². The maximum atomic E-state index is 14.0. The molecule has 0 saturated carbocycles. The summed E-state index contributed by atoms with van der Waals surface area (Å²) in [5.74, 6) is 0.418. The number of halogens is 1. The molecule has 1 aromatic heterocycles. The van der Waals surface area contributed by atoms with E-state index in [9.17, 15) is 14.7 Å². The van der Waals surface area contributed by atoms with Gasteiger partial charge in [0.2, 0.25) is 5.91 Å². The van der Waals surface area contributed by atoms with Crippen molar-refractivity contribution in [3.63, 3.8) is 0 Å². The number of nitrogens with zero attached hydrogens (tertiary/aromatic N) is 5. The Morgan fingerprint density at radius 1 is 1.13 bits per heavy atom. The fraction of sp³-hybridized carbons (Fsp3) is 0.586. The second-order valence-electron chi connectivity index (χ2n) is 11.8. The van der Waals surface area contributed by atoms with Crippen LogP contribution in [0.15, 0.2) is 30.6 Å². The van der Waals surface area contributed by atoms with Crippen molar-refractivity contribution >= 4 is 29.4 Å². The Labute approximate surface area is 236 Å². The largest absolute Gasteiger partial charge is 0.444 e. The zero-order valence-corrected chi connectivity index (χ0v) is 24.5. The van der Waals surface area contributed by atoms with Crippen LogP contribution in [0.25, 0.3) is 0 Å². The number of rotatable bonds is 6. The summed E-state index contributed by atoms with van der Waals surface area (Å²) in [7, 11) is 0. The molecule has 2 aliphatic rings.